The lowest BCUT2D eigenvalue weighted by molar-refractivity contribution is 0.414. The Morgan fingerprint density at radius 1 is 1.26 bits per heavy atom. The number of benzene rings is 1. The fraction of sp³-hybridized carbons (Fsp3) is 0.571. The van der Waals surface area contributed by atoms with Crippen molar-refractivity contribution in [3.63, 3.8) is 0 Å². The summed E-state index contributed by atoms with van der Waals surface area (Å²) >= 11 is 0. The molecule has 108 valence electrons. The SMILES string of the molecule is CCCNC(c1ccc(OC)cc1)C(C)S(C)(=O)=O. The largest absolute Gasteiger partial charge is 0.497 e. The lowest BCUT2D eigenvalue weighted by Crippen LogP contribution is -2.35. The average Bonchev–Trinajstić information content (AvgIpc) is 2.38. The molecular weight excluding hydrogens is 262 g/mol. The van der Waals surface area contributed by atoms with Crippen LogP contribution >= 0.6 is 0 Å². The Bertz CT molecular complexity index is 482. The van der Waals surface area contributed by atoms with Gasteiger partial charge in [-0.15, -0.1) is 0 Å². The molecule has 0 heterocycles. The summed E-state index contributed by atoms with van der Waals surface area (Å²) in [6, 6.07) is 7.33. The summed E-state index contributed by atoms with van der Waals surface area (Å²) < 4.78 is 28.7. The summed E-state index contributed by atoms with van der Waals surface area (Å²) in [5, 5.41) is 2.84. The van der Waals surface area contributed by atoms with Crippen molar-refractivity contribution in [2.45, 2.75) is 31.6 Å². The maximum atomic E-state index is 11.8. The van der Waals surface area contributed by atoms with Gasteiger partial charge in [0.25, 0.3) is 0 Å². The Morgan fingerprint density at radius 3 is 2.26 bits per heavy atom. The maximum absolute atomic E-state index is 11.8. The first-order valence-corrected chi connectivity index (χ1v) is 8.41. The highest BCUT2D eigenvalue weighted by Crippen LogP contribution is 2.24. The molecule has 4 nitrogen and oxygen atoms in total. The van der Waals surface area contributed by atoms with E-state index in [0.29, 0.717) is 0 Å². The van der Waals surface area contributed by atoms with Crippen molar-refractivity contribution >= 4 is 9.84 Å². The van der Waals surface area contributed by atoms with Gasteiger partial charge in [0.05, 0.1) is 12.4 Å². The Kier molecular flexibility index (Phi) is 5.82. The van der Waals surface area contributed by atoms with Crippen LogP contribution in [0.25, 0.3) is 0 Å². The summed E-state index contributed by atoms with van der Waals surface area (Å²) in [7, 11) is -1.48. The fourth-order valence-corrected chi connectivity index (χ4v) is 2.66. The minimum absolute atomic E-state index is 0.194. The van der Waals surface area contributed by atoms with E-state index in [1.807, 2.05) is 24.3 Å². The van der Waals surface area contributed by atoms with E-state index in [4.69, 9.17) is 4.74 Å². The number of ether oxygens (including phenoxy) is 1. The first-order valence-electron chi connectivity index (χ1n) is 6.46. The monoisotopic (exact) mass is 285 g/mol. The van der Waals surface area contributed by atoms with Crippen LogP contribution in [0.15, 0.2) is 24.3 Å². The van der Waals surface area contributed by atoms with E-state index in [9.17, 15) is 8.42 Å². The van der Waals surface area contributed by atoms with Gasteiger partial charge in [0.15, 0.2) is 9.84 Å². The van der Waals surface area contributed by atoms with E-state index < -0.39 is 15.1 Å². The van der Waals surface area contributed by atoms with Gasteiger partial charge in [-0.3, -0.25) is 0 Å². The van der Waals surface area contributed by atoms with Crippen molar-refractivity contribution < 1.29 is 13.2 Å². The topological polar surface area (TPSA) is 55.4 Å². The number of sulfone groups is 1. The van der Waals surface area contributed by atoms with Crippen molar-refractivity contribution in [1.82, 2.24) is 5.32 Å². The van der Waals surface area contributed by atoms with E-state index in [1.165, 1.54) is 6.26 Å². The van der Waals surface area contributed by atoms with Gasteiger partial charge in [-0.2, -0.15) is 0 Å². The molecule has 0 aliphatic carbocycles. The minimum Gasteiger partial charge on any atom is -0.497 e. The highest BCUT2D eigenvalue weighted by molar-refractivity contribution is 7.91. The molecule has 0 aliphatic heterocycles. The number of hydrogen-bond acceptors (Lipinski definition) is 4. The van der Waals surface area contributed by atoms with Gasteiger partial charge >= 0.3 is 0 Å². The molecule has 0 aliphatic rings. The zero-order chi connectivity index (χ0) is 14.5. The molecule has 2 unspecified atom stereocenters. The second kappa shape index (κ2) is 6.91. The lowest BCUT2D eigenvalue weighted by atomic mass is 10.0. The van der Waals surface area contributed by atoms with Gasteiger partial charge in [-0.25, -0.2) is 8.42 Å². The van der Waals surface area contributed by atoms with Crippen molar-refractivity contribution in [2.75, 3.05) is 19.9 Å². The normalized spacial score (nSPS) is 14.9. The Balaban J connectivity index is 3.01. The van der Waals surface area contributed by atoms with Crippen LogP contribution in [-0.2, 0) is 9.84 Å². The second-order valence-corrected chi connectivity index (χ2v) is 7.14. The molecular formula is C14H23NO3S. The van der Waals surface area contributed by atoms with Crippen molar-refractivity contribution in [3.8, 4) is 5.75 Å². The van der Waals surface area contributed by atoms with E-state index in [2.05, 4.69) is 12.2 Å². The summed E-state index contributed by atoms with van der Waals surface area (Å²) in [4.78, 5) is 0. The molecule has 1 aromatic rings. The highest BCUT2D eigenvalue weighted by Gasteiger charge is 2.26. The van der Waals surface area contributed by atoms with Crippen LogP contribution < -0.4 is 10.1 Å². The third kappa shape index (κ3) is 4.51. The number of methoxy groups -OCH3 is 1. The van der Waals surface area contributed by atoms with E-state index >= 15 is 0 Å². The van der Waals surface area contributed by atoms with Gasteiger partial charge in [-0.05, 0) is 37.6 Å². The summed E-state index contributed by atoms with van der Waals surface area (Å²) in [6.45, 7) is 4.59. The average molecular weight is 285 g/mol. The number of rotatable bonds is 7. The van der Waals surface area contributed by atoms with Crippen LogP contribution in [0.1, 0.15) is 31.9 Å². The molecule has 0 radical (unpaired) electrons. The molecule has 2 atom stereocenters. The van der Waals surface area contributed by atoms with Crippen LogP contribution in [0.3, 0.4) is 0 Å². The minimum atomic E-state index is -3.09. The zero-order valence-corrected chi connectivity index (χ0v) is 12.8. The summed E-state index contributed by atoms with van der Waals surface area (Å²) in [6.07, 6.45) is 2.24. The second-order valence-electron chi connectivity index (χ2n) is 4.74. The van der Waals surface area contributed by atoms with Crippen molar-refractivity contribution in [3.05, 3.63) is 29.8 Å². The Hall–Kier alpha value is -1.07. The van der Waals surface area contributed by atoms with Crippen LogP contribution in [0, 0.1) is 0 Å². The molecule has 1 N–H and O–H groups in total. The molecule has 0 saturated heterocycles. The Labute approximate surface area is 116 Å². The first-order chi connectivity index (χ1) is 8.90. The fourth-order valence-electron chi connectivity index (χ4n) is 1.91. The van der Waals surface area contributed by atoms with Crippen molar-refractivity contribution in [2.24, 2.45) is 0 Å². The Morgan fingerprint density at radius 2 is 1.84 bits per heavy atom. The molecule has 19 heavy (non-hydrogen) atoms. The van der Waals surface area contributed by atoms with E-state index in [-0.39, 0.29) is 6.04 Å². The quantitative estimate of drug-likeness (QED) is 0.834. The summed E-state index contributed by atoms with van der Waals surface area (Å²) in [5.41, 5.74) is 0.965. The molecule has 0 amide bonds. The highest BCUT2D eigenvalue weighted by atomic mass is 32.2. The van der Waals surface area contributed by atoms with Gasteiger partial charge in [-0.1, -0.05) is 19.1 Å². The predicted molar refractivity (Wildman–Crippen MR) is 78.3 cm³/mol. The molecule has 0 spiro atoms. The molecule has 5 heteroatoms. The third-order valence-electron chi connectivity index (χ3n) is 3.23. The van der Waals surface area contributed by atoms with Crippen LogP contribution in [0.4, 0.5) is 0 Å². The van der Waals surface area contributed by atoms with E-state index in [1.54, 1.807) is 14.0 Å². The molecule has 0 aromatic heterocycles. The molecule has 1 aromatic carbocycles. The molecule has 1 rings (SSSR count). The molecule has 0 fully saturated rings. The van der Waals surface area contributed by atoms with Crippen molar-refractivity contribution in [1.29, 1.82) is 0 Å². The number of nitrogens with one attached hydrogen (secondary N) is 1. The molecule has 0 bridgehead atoms. The van der Waals surface area contributed by atoms with E-state index in [0.717, 1.165) is 24.3 Å². The van der Waals surface area contributed by atoms with Crippen LogP contribution in [-0.4, -0.2) is 33.6 Å². The van der Waals surface area contributed by atoms with Crippen LogP contribution in [0.5, 0.6) is 5.75 Å². The van der Waals surface area contributed by atoms with Gasteiger partial charge in [0.1, 0.15) is 5.75 Å². The standard InChI is InChI=1S/C14H23NO3S/c1-5-10-15-14(11(2)19(4,16)17)12-6-8-13(18-3)9-7-12/h6-9,11,14-15H,5,10H2,1-4H3. The van der Waals surface area contributed by atoms with Gasteiger partial charge in [0, 0.05) is 12.3 Å². The molecule has 0 saturated carbocycles. The van der Waals surface area contributed by atoms with Gasteiger partial charge < -0.3 is 10.1 Å². The predicted octanol–water partition coefficient (Wildman–Crippen LogP) is 2.17. The third-order valence-corrected chi connectivity index (χ3v) is 4.86. The zero-order valence-electron chi connectivity index (χ0n) is 12.0. The number of hydrogen-bond donors (Lipinski definition) is 1. The summed E-state index contributed by atoms with van der Waals surface area (Å²) in [5.74, 6) is 0.769. The maximum Gasteiger partial charge on any atom is 0.151 e. The lowest BCUT2D eigenvalue weighted by Gasteiger charge is -2.24. The smallest absolute Gasteiger partial charge is 0.151 e. The first kappa shape index (κ1) is 16.0. The van der Waals surface area contributed by atoms with Crippen LogP contribution in [0.2, 0.25) is 0 Å². The van der Waals surface area contributed by atoms with Gasteiger partial charge in [0.2, 0.25) is 0 Å².